The molecule has 0 bridgehead atoms. The van der Waals surface area contributed by atoms with E-state index in [2.05, 4.69) is 31.1 Å². The molecule has 2 unspecified atom stereocenters. The third kappa shape index (κ3) is 5.86. The van der Waals surface area contributed by atoms with Crippen molar-refractivity contribution in [2.75, 3.05) is 33.2 Å². The van der Waals surface area contributed by atoms with E-state index in [9.17, 15) is 0 Å². The molecule has 2 atom stereocenters. The van der Waals surface area contributed by atoms with Crippen LogP contribution in [0.2, 0.25) is 0 Å². The molecule has 0 radical (unpaired) electrons. The SMILES string of the molecule is CC.CCC.CN1CCC2CCNCC2C1. The normalized spacial score (nSPS) is 29.1. The van der Waals surface area contributed by atoms with E-state index in [4.69, 9.17) is 0 Å². The molecule has 0 amide bonds. The van der Waals surface area contributed by atoms with Crippen LogP contribution in [0.25, 0.3) is 0 Å². The lowest BCUT2D eigenvalue weighted by atomic mass is 9.81. The van der Waals surface area contributed by atoms with Crippen LogP contribution in [-0.2, 0) is 0 Å². The first-order valence-electron chi connectivity index (χ1n) is 7.17. The minimum atomic E-state index is 0.947. The molecule has 2 heterocycles. The second kappa shape index (κ2) is 10.1. The molecule has 16 heavy (non-hydrogen) atoms. The Balaban J connectivity index is 0.000000394. The largest absolute Gasteiger partial charge is 0.316 e. The summed E-state index contributed by atoms with van der Waals surface area (Å²) in [7, 11) is 2.24. The highest BCUT2D eigenvalue weighted by Crippen LogP contribution is 2.27. The van der Waals surface area contributed by atoms with Gasteiger partial charge < -0.3 is 10.2 Å². The number of rotatable bonds is 0. The minimum Gasteiger partial charge on any atom is -0.316 e. The van der Waals surface area contributed by atoms with Gasteiger partial charge in [0.05, 0.1) is 0 Å². The molecule has 0 aromatic carbocycles. The molecule has 0 spiro atoms. The van der Waals surface area contributed by atoms with Crippen LogP contribution < -0.4 is 5.32 Å². The fourth-order valence-corrected chi connectivity index (χ4v) is 2.45. The number of piperidine rings is 2. The average Bonchev–Trinajstić information content (AvgIpc) is 2.32. The smallest absolute Gasteiger partial charge is 0.00214 e. The topological polar surface area (TPSA) is 15.3 Å². The number of nitrogens with zero attached hydrogens (tertiary/aromatic N) is 1. The number of hydrogen-bond acceptors (Lipinski definition) is 2. The van der Waals surface area contributed by atoms with Crippen LogP contribution in [0.4, 0.5) is 0 Å². The summed E-state index contributed by atoms with van der Waals surface area (Å²) in [5, 5.41) is 3.48. The molecular formula is C14H32N2. The molecule has 2 fully saturated rings. The third-order valence-electron chi connectivity index (χ3n) is 3.19. The first-order chi connectivity index (χ1) is 7.77. The average molecular weight is 228 g/mol. The van der Waals surface area contributed by atoms with Crippen molar-refractivity contribution in [2.24, 2.45) is 11.8 Å². The predicted octanol–water partition coefficient (Wildman–Crippen LogP) is 2.99. The number of nitrogens with one attached hydrogen (secondary N) is 1. The Kier molecular flexibility index (Phi) is 10.0. The molecule has 2 rings (SSSR count). The summed E-state index contributed by atoms with van der Waals surface area (Å²) in [4.78, 5) is 2.47. The molecule has 2 nitrogen and oxygen atoms in total. The lowest BCUT2D eigenvalue weighted by Gasteiger charge is -2.40. The molecule has 0 aromatic heterocycles. The van der Waals surface area contributed by atoms with Gasteiger partial charge in [0.25, 0.3) is 0 Å². The predicted molar refractivity (Wildman–Crippen MR) is 73.9 cm³/mol. The van der Waals surface area contributed by atoms with Crippen molar-refractivity contribution in [2.45, 2.75) is 47.0 Å². The van der Waals surface area contributed by atoms with Gasteiger partial charge >= 0.3 is 0 Å². The lowest BCUT2D eigenvalue weighted by molar-refractivity contribution is 0.115. The molecule has 2 saturated heterocycles. The summed E-state index contributed by atoms with van der Waals surface area (Å²) in [6.07, 6.45) is 4.10. The van der Waals surface area contributed by atoms with Crippen molar-refractivity contribution in [3.8, 4) is 0 Å². The van der Waals surface area contributed by atoms with Gasteiger partial charge in [-0.05, 0) is 51.4 Å². The van der Waals surface area contributed by atoms with Gasteiger partial charge in [0.1, 0.15) is 0 Å². The Morgan fingerprint density at radius 3 is 2.38 bits per heavy atom. The van der Waals surface area contributed by atoms with E-state index in [0.29, 0.717) is 0 Å². The van der Waals surface area contributed by atoms with Gasteiger partial charge in [-0.15, -0.1) is 0 Å². The second-order valence-corrected chi connectivity index (χ2v) is 4.77. The molecule has 2 aliphatic heterocycles. The Labute approximate surface area is 103 Å². The Morgan fingerprint density at radius 2 is 1.75 bits per heavy atom. The standard InChI is InChI=1S/C9H18N2.C3H8.C2H6/c1-11-5-3-8-2-4-10-6-9(8)7-11;1-3-2;1-2/h8-10H,2-7H2,1H3;3H2,1-2H3;1-2H3. The van der Waals surface area contributed by atoms with E-state index in [-0.39, 0.29) is 0 Å². The molecule has 2 aliphatic rings. The molecule has 0 aliphatic carbocycles. The highest BCUT2D eigenvalue weighted by molar-refractivity contribution is 4.84. The number of fused-ring (bicyclic) bond motifs is 1. The van der Waals surface area contributed by atoms with Gasteiger partial charge in [-0.25, -0.2) is 0 Å². The van der Waals surface area contributed by atoms with E-state index in [1.807, 2.05) is 13.8 Å². The van der Waals surface area contributed by atoms with Crippen LogP contribution >= 0.6 is 0 Å². The maximum atomic E-state index is 3.48. The van der Waals surface area contributed by atoms with Gasteiger partial charge in [-0.3, -0.25) is 0 Å². The van der Waals surface area contributed by atoms with Crippen LogP contribution in [0, 0.1) is 11.8 Å². The van der Waals surface area contributed by atoms with Crippen molar-refractivity contribution in [1.82, 2.24) is 10.2 Å². The first-order valence-corrected chi connectivity index (χ1v) is 7.17. The summed E-state index contributed by atoms with van der Waals surface area (Å²) in [5.74, 6) is 1.98. The van der Waals surface area contributed by atoms with Crippen molar-refractivity contribution >= 4 is 0 Å². The zero-order valence-electron chi connectivity index (χ0n) is 12.1. The summed E-state index contributed by atoms with van der Waals surface area (Å²) in [6, 6.07) is 0. The monoisotopic (exact) mass is 228 g/mol. The summed E-state index contributed by atoms with van der Waals surface area (Å²) in [5.41, 5.74) is 0. The molecular weight excluding hydrogens is 196 g/mol. The number of hydrogen-bond donors (Lipinski definition) is 1. The fourth-order valence-electron chi connectivity index (χ4n) is 2.45. The minimum absolute atomic E-state index is 0.947. The quantitative estimate of drug-likeness (QED) is 0.686. The van der Waals surface area contributed by atoms with Crippen molar-refractivity contribution in [1.29, 1.82) is 0 Å². The number of likely N-dealkylation sites (tertiary alicyclic amines) is 1. The Hall–Kier alpha value is -0.0800. The first kappa shape index (κ1) is 15.9. The summed E-state index contributed by atoms with van der Waals surface area (Å²) >= 11 is 0. The molecule has 0 aromatic rings. The van der Waals surface area contributed by atoms with Gasteiger partial charge in [0.2, 0.25) is 0 Å². The lowest BCUT2D eigenvalue weighted by Crippen LogP contribution is -2.47. The summed E-state index contributed by atoms with van der Waals surface area (Å²) in [6.45, 7) is 13.4. The van der Waals surface area contributed by atoms with Crippen LogP contribution in [0.1, 0.15) is 47.0 Å². The van der Waals surface area contributed by atoms with E-state index in [1.165, 1.54) is 45.4 Å². The molecule has 98 valence electrons. The van der Waals surface area contributed by atoms with E-state index < -0.39 is 0 Å². The van der Waals surface area contributed by atoms with Crippen LogP contribution in [0.5, 0.6) is 0 Å². The van der Waals surface area contributed by atoms with Crippen molar-refractivity contribution in [3.05, 3.63) is 0 Å². The van der Waals surface area contributed by atoms with Crippen molar-refractivity contribution in [3.63, 3.8) is 0 Å². The van der Waals surface area contributed by atoms with E-state index >= 15 is 0 Å². The van der Waals surface area contributed by atoms with Gasteiger partial charge in [-0.2, -0.15) is 0 Å². The van der Waals surface area contributed by atoms with Crippen LogP contribution in [0.3, 0.4) is 0 Å². The zero-order valence-corrected chi connectivity index (χ0v) is 12.1. The second-order valence-electron chi connectivity index (χ2n) is 4.77. The van der Waals surface area contributed by atoms with Crippen LogP contribution in [0.15, 0.2) is 0 Å². The third-order valence-corrected chi connectivity index (χ3v) is 3.19. The maximum Gasteiger partial charge on any atom is 0.00214 e. The van der Waals surface area contributed by atoms with E-state index in [0.717, 1.165) is 11.8 Å². The summed E-state index contributed by atoms with van der Waals surface area (Å²) < 4.78 is 0. The highest BCUT2D eigenvalue weighted by Gasteiger charge is 2.29. The maximum absolute atomic E-state index is 3.48. The Bertz CT molecular complexity index is 148. The zero-order chi connectivity index (χ0) is 12.4. The van der Waals surface area contributed by atoms with Crippen molar-refractivity contribution < 1.29 is 0 Å². The van der Waals surface area contributed by atoms with Gasteiger partial charge in [0.15, 0.2) is 0 Å². The fraction of sp³-hybridized carbons (Fsp3) is 1.00. The Morgan fingerprint density at radius 1 is 1.12 bits per heavy atom. The molecule has 0 saturated carbocycles. The van der Waals surface area contributed by atoms with E-state index in [1.54, 1.807) is 0 Å². The molecule has 2 heteroatoms. The van der Waals surface area contributed by atoms with Gasteiger partial charge in [0, 0.05) is 6.54 Å². The van der Waals surface area contributed by atoms with Crippen LogP contribution in [-0.4, -0.2) is 38.1 Å². The van der Waals surface area contributed by atoms with Gasteiger partial charge in [-0.1, -0.05) is 34.1 Å². The molecule has 1 N–H and O–H groups in total. The highest BCUT2D eigenvalue weighted by atomic mass is 15.1.